The molecule has 4 rings (SSSR count). The number of fused-ring (bicyclic) bond motifs is 1. The van der Waals surface area contributed by atoms with Crippen LogP contribution >= 0.6 is 0 Å². The van der Waals surface area contributed by atoms with Crippen molar-refractivity contribution < 1.29 is 28.2 Å². The van der Waals surface area contributed by atoms with Crippen molar-refractivity contribution in [2.75, 3.05) is 18.0 Å². The Balaban J connectivity index is 2.10. The number of benzene rings is 2. The number of hydrogen-bond acceptors (Lipinski definition) is 4. The molecule has 1 aliphatic heterocycles. The third-order valence-corrected chi connectivity index (χ3v) is 6.24. The van der Waals surface area contributed by atoms with Gasteiger partial charge in [0, 0.05) is 30.9 Å². The second-order valence-corrected chi connectivity index (χ2v) is 8.36. The molecule has 2 aromatic carbocycles. The summed E-state index contributed by atoms with van der Waals surface area (Å²) in [5.41, 5.74) is -0.936. The number of aliphatic hydroxyl groups excluding tert-OH is 1. The van der Waals surface area contributed by atoms with Crippen LogP contribution in [0.25, 0.3) is 16.6 Å². The van der Waals surface area contributed by atoms with Crippen molar-refractivity contribution in [3.05, 3.63) is 69.3 Å². The van der Waals surface area contributed by atoms with E-state index in [1.807, 2.05) is 6.92 Å². The van der Waals surface area contributed by atoms with Crippen LogP contribution in [-0.4, -0.2) is 39.9 Å². The summed E-state index contributed by atoms with van der Waals surface area (Å²) < 4.78 is 44.9. The molecule has 174 valence electrons. The lowest BCUT2D eigenvalue weighted by Crippen LogP contribution is -2.42. The Hall–Kier alpha value is -3.33. The monoisotopic (exact) mass is 460 g/mol. The maximum absolute atomic E-state index is 15.4. The number of rotatable bonds is 4. The molecule has 1 aromatic heterocycles. The van der Waals surface area contributed by atoms with E-state index in [1.54, 1.807) is 11.8 Å². The van der Waals surface area contributed by atoms with E-state index in [-0.39, 0.29) is 34.6 Å². The number of nitrogens with zero attached hydrogens (tertiary/aromatic N) is 2. The van der Waals surface area contributed by atoms with Gasteiger partial charge in [0.25, 0.3) is 0 Å². The summed E-state index contributed by atoms with van der Waals surface area (Å²) in [5, 5.41) is 19.4. The average Bonchev–Trinajstić information content (AvgIpc) is 2.75. The van der Waals surface area contributed by atoms with Gasteiger partial charge in [-0.15, -0.1) is 0 Å². The van der Waals surface area contributed by atoms with Gasteiger partial charge >= 0.3 is 5.97 Å². The number of anilines is 1. The van der Waals surface area contributed by atoms with E-state index in [9.17, 15) is 28.6 Å². The van der Waals surface area contributed by atoms with Crippen LogP contribution in [0.2, 0.25) is 0 Å². The molecule has 0 radical (unpaired) electrons. The number of aryl methyl sites for hydroxylation is 1. The van der Waals surface area contributed by atoms with Crippen molar-refractivity contribution >= 4 is 22.6 Å². The second-order valence-electron chi connectivity index (χ2n) is 8.36. The zero-order valence-corrected chi connectivity index (χ0v) is 18.1. The number of hydrogen-bond donors (Lipinski definition) is 2. The van der Waals surface area contributed by atoms with Crippen molar-refractivity contribution in [1.29, 1.82) is 0 Å². The fourth-order valence-electron chi connectivity index (χ4n) is 4.56. The SMILES string of the molecule is CCc1c(N2CC[C@@H](O)[C@@H](C)C2)c(F)cc2c(=O)c(C(=O)O)cn(-c3ccc(F)cc3F)c12. The summed E-state index contributed by atoms with van der Waals surface area (Å²) in [6.45, 7) is 4.35. The normalized spacial score (nSPS) is 18.7. The first kappa shape index (κ1) is 22.8. The molecule has 0 aliphatic carbocycles. The second kappa shape index (κ2) is 8.55. The van der Waals surface area contributed by atoms with Gasteiger partial charge in [-0.3, -0.25) is 4.79 Å². The molecule has 9 heteroatoms. The van der Waals surface area contributed by atoms with Gasteiger partial charge in [0.05, 0.1) is 28.4 Å². The van der Waals surface area contributed by atoms with Gasteiger partial charge in [0.2, 0.25) is 5.43 Å². The van der Waals surface area contributed by atoms with E-state index >= 15 is 4.39 Å². The van der Waals surface area contributed by atoms with Gasteiger partial charge in [0.1, 0.15) is 23.0 Å². The number of aromatic carboxylic acids is 1. The number of pyridine rings is 1. The van der Waals surface area contributed by atoms with Gasteiger partial charge in [-0.25, -0.2) is 18.0 Å². The fraction of sp³-hybridized carbons (Fsp3) is 0.333. The summed E-state index contributed by atoms with van der Waals surface area (Å²) in [5.74, 6) is -4.14. The lowest BCUT2D eigenvalue weighted by Gasteiger charge is -2.37. The summed E-state index contributed by atoms with van der Waals surface area (Å²) in [4.78, 5) is 26.4. The van der Waals surface area contributed by atoms with Gasteiger partial charge in [-0.1, -0.05) is 13.8 Å². The first-order valence-electron chi connectivity index (χ1n) is 10.7. The molecule has 0 unspecified atom stereocenters. The molecule has 6 nitrogen and oxygen atoms in total. The molecule has 1 aliphatic rings. The Morgan fingerprint density at radius 3 is 2.52 bits per heavy atom. The molecule has 2 heterocycles. The fourth-order valence-corrected chi connectivity index (χ4v) is 4.56. The first-order chi connectivity index (χ1) is 15.6. The van der Waals surface area contributed by atoms with Gasteiger partial charge in [-0.2, -0.15) is 0 Å². The van der Waals surface area contributed by atoms with E-state index in [4.69, 9.17) is 0 Å². The zero-order valence-electron chi connectivity index (χ0n) is 18.1. The number of carboxylic acids is 1. The highest BCUT2D eigenvalue weighted by atomic mass is 19.1. The maximum Gasteiger partial charge on any atom is 0.341 e. The van der Waals surface area contributed by atoms with Crippen LogP contribution in [0.1, 0.15) is 36.2 Å². The van der Waals surface area contributed by atoms with Crippen LogP contribution in [0.15, 0.2) is 35.3 Å². The number of carboxylic acid groups (broad SMARTS) is 1. The molecule has 0 amide bonds. The Labute approximate surface area is 187 Å². The number of aromatic nitrogens is 1. The van der Waals surface area contributed by atoms with Gasteiger partial charge in [-0.05, 0) is 37.0 Å². The van der Waals surface area contributed by atoms with Crippen molar-refractivity contribution in [2.45, 2.75) is 32.8 Å². The third-order valence-electron chi connectivity index (χ3n) is 6.24. The summed E-state index contributed by atoms with van der Waals surface area (Å²) in [6, 6.07) is 3.80. The first-order valence-corrected chi connectivity index (χ1v) is 10.7. The summed E-state index contributed by atoms with van der Waals surface area (Å²) in [6.07, 6.45) is 1.16. The molecule has 1 fully saturated rings. The average molecular weight is 460 g/mol. The molecular formula is C24H23F3N2O4. The Morgan fingerprint density at radius 2 is 1.91 bits per heavy atom. The van der Waals surface area contributed by atoms with Crippen LogP contribution < -0.4 is 10.3 Å². The maximum atomic E-state index is 15.4. The number of carbonyl (C=O) groups is 1. The summed E-state index contributed by atoms with van der Waals surface area (Å²) in [7, 11) is 0. The molecule has 0 saturated carbocycles. The minimum atomic E-state index is -1.54. The highest BCUT2D eigenvalue weighted by molar-refractivity contribution is 5.96. The van der Waals surface area contributed by atoms with E-state index in [0.717, 1.165) is 24.4 Å². The quantitative estimate of drug-likeness (QED) is 0.618. The molecule has 33 heavy (non-hydrogen) atoms. The molecule has 0 bridgehead atoms. The Kier molecular flexibility index (Phi) is 5.92. The highest BCUT2D eigenvalue weighted by Gasteiger charge is 2.30. The van der Waals surface area contributed by atoms with E-state index in [0.29, 0.717) is 31.1 Å². The van der Waals surface area contributed by atoms with Crippen LogP contribution in [0.4, 0.5) is 18.9 Å². The van der Waals surface area contributed by atoms with Crippen LogP contribution in [0, 0.1) is 23.4 Å². The van der Waals surface area contributed by atoms with E-state index in [1.165, 1.54) is 4.57 Å². The Morgan fingerprint density at radius 1 is 1.18 bits per heavy atom. The molecule has 0 spiro atoms. The lowest BCUT2D eigenvalue weighted by atomic mass is 9.94. The molecule has 2 N–H and O–H groups in total. The minimum absolute atomic E-state index is 0.121. The minimum Gasteiger partial charge on any atom is -0.477 e. The molecular weight excluding hydrogens is 437 g/mol. The number of piperidine rings is 1. The van der Waals surface area contributed by atoms with E-state index in [2.05, 4.69) is 0 Å². The van der Waals surface area contributed by atoms with Crippen molar-refractivity contribution in [3.63, 3.8) is 0 Å². The predicted molar refractivity (Wildman–Crippen MR) is 118 cm³/mol. The molecule has 3 aromatic rings. The number of aliphatic hydroxyl groups is 1. The number of halogens is 3. The Bertz CT molecular complexity index is 1320. The molecule has 1 saturated heterocycles. The predicted octanol–water partition coefficient (Wildman–Crippen LogP) is 3.88. The topological polar surface area (TPSA) is 82.8 Å². The van der Waals surface area contributed by atoms with E-state index < -0.39 is 40.5 Å². The third kappa shape index (κ3) is 3.86. The van der Waals surface area contributed by atoms with Crippen LogP contribution in [0.3, 0.4) is 0 Å². The zero-order chi connectivity index (χ0) is 24.0. The molecule has 2 atom stereocenters. The van der Waals surface area contributed by atoms with Crippen LogP contribution in [0.5, 0.6) is 0 Å². The smallest absolute Gasteiger partial charge is 0.341 e. The largest absolute Gasteiger partial charge is 0.477 e. The lowest BCUT2D eigenvalue weighted by molar-refractivity contribution is 0.0695. The summed E-state index contributed by atoms with van der Waals surface area (Å²) >= 11 is 0. The van der Waals surface area contributed by atoms with Crippen molar-refractivity contribution in [2.24, 2.45) is 5.92 Å². The van der Waals surface area contributed by atoms with Crippen molar-refractivity contribution in [3.8, 4) is 5.69 Å². The van der Waals surface area contributed by atoms with Crippen molar-refractivity contribution in [1.82, 2.24) is 4.57 Å². The highest BCUT2D eigenvalue weighted by Crippen LogP contribution is 2.36. The van der Waals surface area contributed by atoms with Gasteiger partial charge < -0.3 is 19.7 Å². The van der Waals surface area contributed by atoms with Gasteiger partial charge in [0.15, 0.2) is 0 Å². The van der Waals surface area contributed by atoms with Crippen LogP contribution in [-0.2, 0) is 6.42 Å². The standard InChI is InChI=1S/C24H23F3N2O4/c1-3-14-21-15(9-18(27)22(14)28-7-6-20(30)12(2)10-28)23(31)16(24(32)33)11-29(21)19-5-4-13(25)8-17(19)26/h4-5,8-9,11-12,20,30H,3,6-7,10H2,1-2H3,(H,32,33)/t12-,20+/m0/s1.